The van der Waals surface area contributed by atoms with Gasteiger partial charge in [-0.3, -0.25) is 9.59 Å². The summed E-state index contributed by atoms with van der Waals surface area (Å²) in [5, 5.41) is 0.458. The van der Waals surface area contributed by atoms with Gasteiger partial charge in [-0.1, -0.05) is 11.6 Å². The summed E-state index contributed by atoms with van der Waals surface area (Å²) in [5.74, 6) is -0.307. The molecule has 1 aromatic carbocycles. The lowest BCUT2D eigenvalue weighted by Crippen LogP contribution is -2.02. The van der Waals surface area contributed by atoms with Gasteiger partial charge in [0.15, 0.2) is 6.29 Å². The van der Waals surface area contributed by atoms with Crippen LogP contribution in [0.15, 0.2) is 18.2 Å². The number of carbonyl (C=O) groups is 2. The van der Waals surface area contributed by atoms with Crippen molar-refractivity contribution < 1.29 is 19.8 Å². The number of ketones is 1. The molecule has 5 heteroatoms. The second kappa shape index (κ2) is 5.36. The molecule has 0 bridgehead atoms. The minimum absolute atomic E-state index is 0. The van der Waals surface area contributed by atoms with Crippen LogP contribution in [0.1, 0.15) is 10.4 Å². The summed E-state index contributed by atoms with van der Waals surface area (Å²) in [4.78, 5) is 21.2. The maximum Gasteiger partial charge on any atom is 0.229 e. The van der Waals surface area contributed by atoms with E-state index in [0.29, 0.717) is 10.8 Å². The van der Waals surface area contributed by atoms with Gasteiger partial charge in [0.2, 0.25) is 5.78 Å². The molecule has 0 saturated heterocycles. The first kappa shape index (κ1) is 12.6. The Morgan fingerprint density at radius 2 is 2.14 bits per heavy atom. The monoisotopic (exact) mass is 216 g/mol. The first-order valence-electron chi connectivity index (χ1n) is 3.52. The van der Waals surface area contributed by atoms with Crippen molar-refractivity contribution in [3.8, 4) is 5.75 Å². The normalized spacial score (nSPS) is 8.71. The largest absolute Gasteiger partial charge is 0.496 e. The van der Waals surface area contributed by atoms with E-state index in [4.69, 9.17) is 16.3 Å². The number of ether oxygens (including phenoxy) is 1. The Bertz CT molecular complexity index is 349. The molecule has 2 N–H and O–H groups in total. The highest BCUT2D eigenvalue weighted by Gasteiger charge is 2.10. The SMILES string of the molecule is COc1cc(Cl)ccc1C(=O)C=O.O. The summed E-state index contributed by atoms with van der Waals surface area (Å²) < 4.78 is 4.88. The molecule has 1 rings (SSSR count). The third-order valence-corrected chi connectivity index (χ3v) is 1.77. The van der Waals surface area contributed by atoms with Crippen molar-refractivity contribution >= 4 is 23.7 Å². The van der Waals surface area contributed by atoms with Gasteiger partial charge in [0.1, 0.15) is 5.75 Å². The maximum absolute atomic E-state index is 11.0. The number of carbonyl (C=O) groups excluding carboxylic acids is 2. The Balaban J connectivity index is 0.00000169. The maximum atomic E-state index is 11.0. The van der Waals surface area contributed by atoms with E-state index < -0.39 is 5.78 Å². The minimum atomic E-state index is -0.617. The van der Waals surface area contributed by atoms with Gasteiger partial charge in [0, 0.05) is 5.02 Å². The Labute approximate surface area is 85.7 Å². The fourth-order valence-corrected chi connectivity index (χ4v) is 1.09. The highest BCUT2D eigenvalue weighted by molar-refractivity contribution is 6.35. The van der Waals surface area contributed by atoms with E-state index in [2.05, 4.69) is 0 Å². The minimum Gasteiger partial charge on any atom is -0.496 e. The van der Waals surface area contributed by atoms with E-state index in [1.54, 1.807) is 0 Å². The molecule has 0 aliphatic heterocycles. The summed E-state index contributed by atoms with van der Waals surface area (Å²) in [6.07, 6.45) is 0.242. The van der Waals surface area contributed by atoms with Gasteiger partial charge in [0.25, 0.3) is 0 Å². The molecule has 1 aromatic rings. The number of rotatable bonds is 3. The van der Waals surface area contributed by atoms with Crippen LogP contribution < -0.4 is 4.74 Å². The molecule has 0 fully saturated rings. The highest BCUT2D eigenvalue weighted by atomic mass is 35.5. The number of halogens is 1. The van der Waals surface area contributed by atoms with Gasteiger partial charge < -0.3 is 10.2 Å². The number of Topliss-reactive ketones (excluding diaryl/α,β-unsaturated/α-hetero) is 1. The molecule has 0 spiro atoms. The van der Waals surface area contributed by atoms with Crippen molar-refractivity contribution in [1.82, 2.24) is 0 Å². The van der Waals surface area contributed by atoms with Crippen molar-refractivity contribution in [2.75, 3.05) is 7.11 Å². The molecule has 0 heterocycles. The Kier molecular flexibility index (Phi) is 4.83. The van der Waals surface area contributed by atoms with E-state index in [-0.39, 0.29) is 17.3 Å². The van der Waals surface area contributed by atoms with E-state index >= 15 is 0 Å². The fourth-order valence-electron chi connectivity index (χ4n) is 0.932. The van der Waals surface area contributed by atoms with Gasteiger partial charge in [-0.05, 0) is 18.2 Å². The van der Waals surface area contributed by atoms with E-state index in [9.17, 15) is 9.59 Å². The second-order valence-corrected chi connectivity index (χ2v) is 2.76. The fraction of sp³-hybridized carbons (Fsp3) is 0.111. The Morgan fingerprint density at radius 1 is 1.50 bits per heavy atom. The Morgan fingerprint density at radius 3 is 2.64 bits per heavy atom. The van der Waals surface area contributed by atoms with E-state index in [1.165, 1.54) is 25.3 Å². The number of hydrogen-bond acceptors (Lipinski definition) is 3. The molecule has 0 atom stereocenters. The summed E-state index contributed by atoms with van der Waals surface area (Å²) in [6, 6.07) is 4.47. The molecule has 0 aromatic heterocycles. The molecule has 0 unspecified atom stereocenters. The average Bonchev–Trinajstić information content (AvgIpc) is 2.16. The molecule has 14 heavy (non-hydrogen) atoms. The predicted molar refractivity (Wildman–Crippen MR) is 52.0 cm³/mol. The summed E-state index contributed by atoms with van der Waals surface area (Å²) in [7, 11) is 1.41. The second-order valence-electron chi connectivity index (χ2n) is 2.33. The van der Waals surface area contributed by atoms with Gasteiger partial charge in [0.05, 0.1) is 12.7 Å². The lowest BCUT2D eigenvalue weighted by Gasteiger charge is -2.04. The van der Waals surface area contributed by atoms with Crippen molar-refractivity contribution in [2.45, 2.75) is 0 Å². The molecule has 0 saturated carbocycles. The number of methoxy groups -OCH3 is 1. The molecule has 0 radical (unpaired) electrons. The van der Waals surface area contributed by atoms with Gasteiger partial charge in [-0.2, -0.15) is 0 Å². The predicted octanol–water partition coefficient (Wildman–Crippen LogP) is 0.905. The lowest BCUT2D eigenvalue weighted by molar-refractivity contribution is -0.104. The van der Waals surface area contributed by atoms with Crippen molar-refractivity contribution in [3.63, 3.8) is 0 Å². The van der Waals surface area contributed by atoms with Gasteiger partial charge in [-0.15, -0.1) is 0 Å². The quantitative estimate of drug-likeness (QED) is 0.428. The van der Waals surface area contributed by atoms with Crippen LogP contribution in [-0.4, -0.2) is 24.7 Å². The lowest BCUT2D eigenvalue weighted by atomic mass is 10.1. The van der Waals surface area contributed by atoms with Crippen molar-refractivity contribution in [1.29, 1.82) is 0 Å². The zero-order chi connectivity index (χ0) is 9.84. The Hall–Kier alpha value is -1.39. The van der Waals surface area contributed by atoms with Gasteiger partial charge >= 0.3 is 0 Å². The molecule has 4 nitrogen and oxygen atoms in total. The molecule has 76 valence electrons. The van der Waals surface area contributed by atoms with Crippen LogP contribution in [0.25, 0.3) is 0 Å². The number of benzene rings is 1. The smallest absolute Gasteiger partial charge is 0.229 e. The third-order valence-electron chi connectivity index (χ3n) is 1.54. The van der Waals surface area contributed by atoms with Crippen LogP contribution in [0, 0.1) is 0 Å². The average molecular weight is 217 g/mol. The zero-order valence-electron chi connectivity index (χ0n) is 7.41. The standard InChI is InChI=1S/C9H7ClO3.H2O/c1-13-9-4-6(10)2-3-7(9)8(12)5-11;/h2-5H,1H3;1H2. The third kappa shape index (κ3) is 2.55. The summed E-state index contributed by atoms with van der Waals surface area (Å²) >= 11 is 5.66. The molecule has 0 aliphatic carbocycles. The first-order chi connectivity index (χ1) is 6.19. The van der Waals surface area contributed by atoms with Crippen molar-refractivity contribution in [3.05, 3.63) is 28.8 Å². The van der Waals surface area contributed by atoms with Crippen LogP contribution in [-0.2, 0) is 4.79 Å². The summed E-state index contributed by atoms with van der Waals surface area (Å²) in [6.45, 7) is 0. The molecular weight excluding hydrogens is 208 g/mol. The molecule has 0 amide bonds. The topological polar surface area (TPSA) is 74.9 Å². The first-order valence-corrected chi connectivity index (χ1v) is 3.90. The summed E-state index contributed by atoms with van der Waals surface area (Å²) in [5.41, 5.74) is 0.224. The number of hydrogen-bond donors (Lipinski definition) is 0. The molecule has 0 aliphatic rings. The van der Waals surface area contributed by atoms with E-state index in [0.717, 1.165) is 0 Å². The molecular formula is C9H9ClO4. The van der Waals surface area contributed by atoms with Crippen LogP contribution in [0.5, 0.6) is 5.75 Å². The van der Waals surface area contributed by atoms with Crippen LogP contribution in [0.4, 0.5) is 0 Å². The van der Waals surface area contributed by atoms with Gasteiger partial charge in [-0.25, -0.2) is 0 Å². The van der Waals surface area contributed by atoms with Crippen LogP contribution in [0.2, 0.25) is 5.02 Å². The van der Waals surface area contributed by atoms with E-state index in [1.807, 2.05) is 0 Å². The van der Waals surface area contributed by atoms with Crippen LogP contribution >= 0.6 is 11.6 Å². The highest BCUT2D eigenvalue weighted by Crippen LogP contribution is 2.22. The van der Waals surface area contributed by atoms with Crippen LogP contribution in [0.3, 0.4) is 0 Å². The van der Waals surface area contributed by atoms with Crippen molar-refractivity contribution in [2.24, 2.45) is 0 Å². The zero-order valence-corrected chi connectivity index (χ0v) is 8.17. The number of aldehydes is 1.